The number of halogens is 3. The van der Waals surface area contributed by atoms with Gasteiger partial charge in [0.1, 0.15) is 0 Å². The number of rotatable bonds is 1. The molecule has 3 rings (SSSR count). The molecule has 0 fully saturated rings. The van der Waals surface area contributed by atoms with Crippen LogP contribution in [0, 0.1) is 0 Å². The molecule has 0 radical (unpaired) electrons. The van der Waals surface area contributed by atoms with Crippen molar-refractivity contribution in [2.75, 3.05) is 0 Å². The van der Waals surface area contributed by atoms with E-state index in [0.717, 1.165) is 6.20 Å². The molecule has 5 nitrogen and oxygen atoms in total. The molecule has 9 heteroatoms. The van der Waals surface area contributed by atoms with Gasteiger partial charge in [-0.1, -0.05) is 24.3 Å². The third-order valence-corrected chi connectivity index (χ3v) is 2.89. The number of alkyl halides is 3. The first-order chi connectivity index (χ1) is 9.39. The molecular formula is C12H5F3KN3O2. The van der Waals surface area contributed by atoms with E-state index in [4.69, 9.17) is 0 Å². The zero-order valence-corrected chi connectivity index (χ0v) is 13.8. The number of hydrogen-bond acceptors (Lipinski definition) is 4. The molecule has 0 spiro atoms. The smallest absolute Gasteiger partial charge is 0.545 e. The minimum absolute atomic E-state index is 0. The summed E-state index contributed by atoms with van der Waals surface area (Å²) in [7, 11) is 0. The van der Waals surface area contributed by atoms with Gasteiger partial charge < -0.3 is 9.90 Å². The predicted molar refractivity (Wildman–Crippen MR) is 59.8 cm³/mol. The van der Waals surface area contributed by atoms with Gasteiger partial charge in [-0.3, -0.25) is 4.40 Å². The van der Waals surface area contributed by atoms with Gasteiger partial charge in [-0.2, -0.15) is 13.2 Å². The molecule has 0 aliphatic rings. The van der Waals surface area contributed by atoms with Gasteiger partial charge in [0.15, 0.2) is 5.65 Å². The van der Waals surface area contributed by atoms with Crippen LogP contribution >= 0.6 is 0 Å². The molecule has 0 atom stereocenters. The normalized spacial score (nSPS) is 11.6. The predicted octanol–water partition coefficient (Wildman–Crippen LogP) is -1.73. The van der Waals surface area contributed by atoms with Crippen LogP contribution in [0.5, 0.6) is 0 Å². The Hall–Kier alpha value is -1.00. The molecule has 0 bridgehead atoms. The van der Waals surface area contributed by atoms with Crippen molar-refractivity contribution in [3.63, 3.8) is 0 Å². The standard InChI is InChI=1S/C12H6F3N3O2.K/c13-12(14,15)11-17-16-9-7-4-2-1-3-6(7)8(10(19)20)5-18(9)11;/h1-5H,(H,19,20);/q;+1/p-1. The molecule has 2 heterocycles. The third-order valence-electron chi connectivity index (χ3n) is 2.89. The van der Waals surface area contributed by atoms with E-state index in [1.807, 2.05) is 0 Å². The van der Waals surface area contributed by atoms with E-state index in [1.54, 1.807) is 12.1 Å². The van der Waals surface area contributed by atoms with Gasteiger partial charge in [-0.15, -0.1) is 10.2 Å². The van der Waals surface area contributed by atoms with Gasteiger partial charge in [0.2, 0.25) is 5.82 Å². The van der Waals surface area contributed by atoms with Crippen LogP contribution in [0.4, 0.5) is 13.2 Å². The number of hydrogen-bond donors (Lipinski definition) is 0. The van der Waals surface area contributed by atoms with E-state index < -0.39 is 18.0 Å². The zero-order chi connectivity index (χ0) is 14.5. The molecule has 3 aromatic rings. The number of carboxylic acids is 1. The van der Waals surface area contributed by atoms with Crippen molar-refractivity contribution in [3.05, 3.63) is 41.9 Å². The Morgan fingerprint density at radius 1 is 1.14 bits per heavy atom. The first-order valence-corrected chi connectivity index (χ1v) is 5.44. The molecular weight excluding hydrogens is 314 g/mol. The molecule has 0 saturated heterocycles. The molecule has 0 aliphatic heterocycles. The maximum absolute atomic E-state index is 12.8. The summed E-state index contributed by atoms with van der Waals surface area (Å²) >= 11 is 0. The fourth-order valence-corrected chi connectivity index (χ4v) is 2.06. The van der Waals surface area contributed by atoms with Gasteiger partial charge in [0.25, 0.3) is 0 Å². The van der Waals surface area contributed by atoms with Crippen LogP contribution in [-0.4, -0.2) is 20.6 Å². The number of aromatic nitrogens is 3. The summed E-state index contributed by atoms with van der Waals surface area (Å²) in [6, 6.07) is 6.10. The van der Waals surface area contributed by atoms with Crippen molar-refractivity contribution in [2.24, 2.45) is 0 Å². The number of carbonyl (C=O) groups excluding carboxylic acids is 1. The molecule has 2 aromatic heterocycles. The summed E-state index contributed by atoms with van der Waals surface area (Å²) in [5.74, 6) is -2.84. The second-order valence-corrected chi connectivity index (χ2v) is 4.09. The van der Waals surface area contributed by atoms with E-state index in [0.29, 0.717) is 4.40 Å². The Kier molecular flexibility index (Phi) is 4.40. The number of carbonyl (C=O) groups is 1. The number of carboxylic acid groups (broad SMARTS) is 1. The van der Waals surface area contributed by atoms with Gasteiger partial charge in [0.05, 0.1) is 5.97 Å². The maximum atomic E-state index is 12.8. The second-order valence-electron chi connectivity index (χ2n) is 4.09. The molecule has 0 aliphatic carbocycles. The fourth-order valence-electron chi connectivity index (χ4n) is 2.06. The van der Waals surface area contributed by atoms with Gasteiger partial charge in [-0.05, 0) is 5.39 Å². The Bertz CT molecular complexity index is 845. The first-order valence-electron chi connectivity index (χ1n) is 5.44. The summed E-state index contributed by atoms with van der Waals surface area (Å²) in [6.45, 7) is 0. The van der Waals surface area contributed by atoms with E-state index in [2.05, 4.69) is 10.2 Å². The SMILES string of the molecule is O=C([O-])c1cn2c(C(F)(F)F)nnc2c2ccccc12.[K+]. The molecule has 0 N–H and O–H groups in total. The van der Waals surface area contributed by atoms with Crippen molar-refractivity contribution in [1.82, 2.24) is 14.6 Å². The minimum atomic E-state index is -4.73. The van der Waals surface area contributed by atoms with Crippen molar-refractivity contribution in [2.45, 2.75) is 6.18 Å². The maximum Gasteiger partial charge on any atom is 1.00 e. The monoisotopic (exact) mass is 319 g/mol. The third kappa shape index (κ3) is 2.71. The van der Waals surface area contributed by atoms with E-state index in [-0.39, 0.29) is 73.4 Å². The molecule has 0 saturated carbocycles. The Morgan fingerprint density at radius 2 is 1.76 bits per heavy atom. The number of aromatic carboxylic acids is 1. The number of pyridine rings is 1. The van der Waals surface area contributed by atoms with Crippen LogP contribution < -0.4 is 56.5 Å². The van der Waals surface area contributed by atoms with Crippen LogP contribution in [-0.2, 0) is 6.18 Å². The summed E-state index contributed by atoms with van der Waals surface area (Å²) in [5.41, 5.74) is -0.406. The fraction of sp³-hybridized carbons (Fsp3) is 0.0833. The van der Waals surface area contributed by atoms with Gasteiger partial charge in [0, 0.05) is 17.1 Å². The topological polar surface area (TPSA) is 70.3 Å². The average molecular weight is 319 g/mol. The summed E-state index contributed by atoms with van der Waals surface area (Å²) in [6.07, 6.45) is -3.90. The van der Waals surface area contributed by atoms with Crippen molar-refractivity contribution in [3.8, 4) is 0 Å². The Morgan fingerprint density at radius 3 is 2.33 bits per heavy atom. The molecule has 0 amide bonds. The second kappa shape index (κ2) is 5.65. The molecule has 102 valence electrons. The van der Waals surface area contributed by atoms with Crippen LogP contribution in [0.15, 0.2) is 30.5 Å². The number of benzene rings is 1. The van der Waals surface area contributed by atoms with E-state index >= 15 is 0 Å². The van der Waals surface area contributed by atoms with Crippen LogP contribution in [0.25, 0.3) is 16.4 Å². The molecule has 0 unspecified atom stereocenters. The van der Waals surface area contributed by atoms with Crippen molar-refractivity contribution < 1.29 is 74.5 Å². The zero-order valence-electron chi connectivity index (χ0n) is 10.7. The molecule has 1 aromatic carbocycles. The van der Waals surface area contributed by atoms with Crippen LogP contribution in [0.1, 0.15) is 16.2 Å². The summed E-state index contributed by atoms with van der Waals surface area (Å²) in [4.78, 5) is 11.1. The van der Waals surface area contributed by atoms with Crippen LogP contribution in [0.3, 0.4) is 0 Å². The van der Waals surface area contributed by atoms with Crippen LogP contribution in [0.2, 0.25) is 0 Å². The van der Waals surface area contributed by atoms with Gasteiger partial charge in [-0.25, -0.2) is 0 Å². The van der Waals surface area contributed by atoms with Crippen molar-refractivity contribution >= 4 is 22.4 Å². The quantitative estimate of drug-likeness (QED) is 0.500. The van der Waals surface area contributed by atoms with Crippen molar-refractivity contribution in [1.29, 1.82) is 0 Å². The average Bonchev–Trinajstić information content (AvgIpc) is 2.81. The molecule has 21 heavy (non-hydrogen) atoms. The van der Waals surface area contributed by atoms with Gasteiger partial charge >= 0.3 is 57.6 Å². The number of fused-ring (bicyclic) bond motifs is 3. The van der Waals surface area contributed by atoms with E-state index in [1.165, 1.54) is 12.1 Å². The van der Waals surface area contributed by atoms with E-state index in [9.17, 15) is 23.1 Å². The first kappa shape index (κ1) is 16.4. The Labute approximate surface area is 158 Å². The minimum Gasteiger partial charge on any atom is -0.545 e. The number of nitrogens with zero attached hydrogens (tertiary/aromatic N) is 3. The summed E-state index contributed by atoms with van der Waals surface area (Å²) < 4.78 is 39.0. The Balaban J connectivity index is 0.00000161. The largest absolute Gasteiger partial charge is 1.00 e. The summed E-state index contributed by atoms with van der Waals surface area (Å²) in [5, 5.41) is 18.2.